The van der Waals surface area contributed by atoms with Crippen molar-refractivity contribution >= 4 is 9.84 Å². The van der Waals surface area contributed by atoms with Crippen molar-refractivity contribution in [1.29, 1.82) is 0 Å². The van der Waals surface area contributed by atoms with Crippen molar-refractivity contribution < 1.29 is 40.2 Å². The van der Waals surface area contributed by atoms with E-state index in [2.05, 4.69) is 19.9 Å². The lowest BCUT2D eigenvalue weighted by atomic mass is 9.97. The van der Waals surface area contributed by atoms with Gasteiger partial charge in [-0.25, -0.2) is 32.7 Å². The molecule has 3 aromatic heterocycles. The lowest BCUT2D eigenvalue weighted by Gasteiger charge is -2.15. The summed E-state index contributed by atoms with van der Waals surface area (Å²) in [5.74, 6) is -0.521. The molecule has 0 aliphatic rings. The van der Waals surface area contributed by atoms with Crippen molar-refractivity contribution in [2.75, 3.05) is 13.4 Å². The van der Waals surface area contributed by atoms with E-state index in [4.69, 9.17) is 9.15 Å². The van der Waals surface area contributed by atoms with Crippen LogP contribution < -0.4 is 4.74 Å². The van der Waals surface area contributed by atoms with E-state index >= 15 is 4.39 Å². The maximum atomic E-state index is 15.0. The van der Waals surface area contributed by atoms with E-state index in [-0.39, 0.29) is 51.6 Å². The summed E-state index contributed by atoms with van der Waals surface area (Å²) in [5.41, 5.74) is -0.00474. The highest BCUT2D eigenvalue weighted by atomic mass is 32.2. The summed E-state index contributed by atoms with van der Waals surface area (Å²) in [6.45, 7) is 2.14. The number of aliphatic hydroxyl groups is 1. The Morgan fingerprint density at radius 3 is 2.30 bits per heavy atom. The molecule has 0 aliphatic carbocycles. The number of aromatic nitrogens is 5. The van der Waals surface area contributed by atoms with Crippen molar-refractivity contribution in [2.24, 2.45) is 0 Å². The summed E-state index contributed by atoms with van der Waals surface area (Å²) in [7, 11) is -2.55. The Bertz CT molecular complexity index is 1950. The van der Waals surface area contributed by atoms with Gasteiger partial charge in [-0.05, 0) is 42.3 Å². The number of methoxy groups -OCH3 is 1. The molecule has 15 heteroatoms. The second-order valence-electron chi connectivity index (χ2n) is 9.51. The van der Waals surface area contributed by atoms with Gasteiger partial charge in [-0.1, -0.05) is 6.07 Å². The third kappa shape index (κ3) is 5.72. The molecule has 0 saturated heterocycles. The topological polar surface area (TPSA) is 133 Å². The van der Waals surface area contributed by atoms with E-state index in [9.17, 15) is 26.7 Å². The average Bonchev–Trinajstić information content (AvgIpc) is 3.54. The molecule has 0 amide bonds. The second kappa shape index (κ2) is 10.9. The van der Waals surface area contributed by atoms with Crippen molar-refractivity contribution in [3.63, 3.8) is 0 Å². The minimum absolute atomic E-state index is 0.0218. The molecule has 0 unspecified atom stereocenters. The molecule has 0 aliphatic heterocycles. The molecular formula is C28H23F4N5O5S. The van der Waals surface area contributed by atoms with Crippen molar-refractivity contribution in [1.82, 2.24) is 24.5 Å². The molecule has 2 aromatic carbocycles. The third-order valence-electron chi connectivity index (χ3n) is 6.54. The maximum absolute atomic E-state index is 15.0. The lowest BCUT2D eigenvalue weighted by molar-refractivity contribution is -0.141. The molecule has 0 bridgehead atoms. The molecule has 1 N–H and O–H groups in total. The number of rotatable bonds is 7. The Hall–Kier alpha value is -4.63. The molecular weight excluding hydrogens is 594 g/mol. The van der Waals surface area contributed by atoms with Gasteiger partial charge in [0, 0.05) is 42.9 Å². The first-order chi connectivity index (χ1) is 20.2. The van der Waals surface area contributed by atoms with Crippen LogP contribution in [0.1, 0.15) is 23.0 Å². The molecule has 0 atom stereocenters. The molecule has 224 valence electrons. The molecule has 0 saturated carbocycles. The first-order valence-electron chi connectivity index (χ1n) is 12.5. The Morgan fingerprint density at radius 2 is 1.72 bits per heavy atom. The number of nitrogens with zero attached hydrogens (tertiary/aromatic N) is 5. The van der Waals surface area contributed by atoms with Crippen LogP contribution in [0.2, 0.25) is 0 Å². The van der Waals surface area contributed by atoms with E-state index < -0.39 is 39.0 Å². The highest BCUT2D eigenvalue weighted by molar-refractivity contribution is 7.90. The van der Waals surface area contributed by atoms with Gasteiger partial charge in [0.1, 0.15) is 17.3 Å². The van der Waals surface area contributed by atoms with Crippen molar-refractivity contribution in [2.45, 2.75) is 31.5 Å². The quantitative estimate of drug-likeness (QED) is 0.241. The van der Waals surface area contributed by atoms with Crippen LogP contribution >= 0.6 is 0 Å². The van der Waals surface area contributed by atoms with Gasteiger partial charge in [0.05, 0.1) is 29.9 Å². The molecule has 0 spiro atoms. The highest BCUT2D eigenvalue weighted by Crippen LogP contribution is 2.40. The summed E-state index contributed by atoms with van der Waals surface area (Å²) < 4.78 is 92.7. The highest BCUT2D eigenvalue weighted by Gasteiger charge is 2.35. The predicted molar refractivity (Wildman–Crippen MR) is 146 cm³/mol. The smallest absolute Gasteiger partial charge is 0.434 e. The van der Waals surface area contributed by atoms with Crippen LogP contribution in [0.25, 0.3) is 39.4 Å². The minimum Gasteiger partial charge on any atom is -0.467 e. The molecule has 5 rings (SSSR count). The average molecular weight is 618 g/mol. The van der Waals surface area contributed by atoms with Gasteiger partial charge < -0.3 is 18.8 Å². The fraction of sp³-hybridized carbons (Fsp3) is 0.214. The number of hydrogen-bond donors (Lipinski definition) is 1. The summed E-state index contributed by atoms with van der Waals surface area (Å²) in [4.78, 5) is 15.9. The summed E-state index contributed by atoms with van der Waals surface area (Å²) >= 11 is 0. The minimum atomic E-state index is -4.71. The summed E-state index contributed by atoms with van der Waals surface area (Å²) in [5, 5.41) is 9.61. The molecule has 43 heavy (non-hydrogen) atoms. The van der Waals surface area contributed by atoms with Crippen LogP contribution in [0, 0.1) is 19.7 Å². The number of benzene rings is 2. The predicted octanol–water partition coefficient (Wildman–Crippen LogP) is 5.33. The number of hydrogen-bond acceptors (Lipinski definition) is 9. The van der Waals surface area contributed by atoms with Crippen molar-refractivity contribution in [3.05, 3.63) is 77.7 Å². The molecule has 3 heterocycles. The van der Waals surface area contributed by atoms with Crippen LogP contribution in [0.5, 0.6) is 6.01 Å². The zero-order valence-corrected chi connectivity index (χ0v) is 23.9. The molecule has 10 nitrogen and oxygen atoms in total. The fourth-order valence-electron chi connectivity index (χ4n) is 4.57. The second-order valence-corrected chi connectivity index (χ2v) is 11.5. The summed E-state index contributed by atoms with van der Waals surface area (Å²) in [6.07, 6.45) is -0.135. The standard InChI is InChI=1S/C28H23F4N5O5S/c1-14-35-24(28(30,31)32)12-37(14)22-6-5-16(17-8-21(29)20(13-38)23(9-17)43(4,39)40)7-19(22)25-26(42-15(2)36-25)18-10-33-27(41-3)34-11-18/h5-12,38H,13H2,1-4H3. The Balaban J connectivity index is 1.79. The van der Waals surface area contributed by atoms with E-state index in [0.29, 0.717) is 11.1 Å². The van der Waals surface area contributed by atoms with Gasteiger partial charge >= 0.3 is 12.2 Å². The normalized spacial score (nSPS) is 12.1. The molecule has 0 fully saturated rings. The van der Waals surface area contributed by atoms with E-state index in [1.807, 2.05) is 0 Å². The van der Waals surface area contributed by atoms with E-state index in [1.54, 1.807) is 6.92 Å². The van der Waals surface area contributed by atoms with E-state index in [0.717, 1.165) is 18.5 Å². The van der Waals surface area contributed by atoms with Gasteiger partial charge in [-0.2, -0.15) is 13.2 Å². The number of ether oxygens (including phenoxy) is 1. The maximum Gasteiger partial charge on any atom is 0.434 e. The van der Waals surface area contributed by atoms with Crippen LogP contribution in [0.15, 0.2) is 58.2 Å². The van der Waals surface area contributed by atoms with Gasteiger partial charge in [0.15, 0.2) is 27.2 Å². The fourth-order valence-corrected chi connectivity index (χ4v) is 5.53. The SMILES string of the molecule is COc1ncc(-c2oc(C)nc2-c2cc(-c3cc(F)c(CO)c(S(C)(=O)=O)c3)ccc2-n2cc(C(F)(F)F)nc2C)cn1. The Morgan fingerprint density at radius 1 is 1.02 bits per heavy atom. The van der Waals surface area contributed by atoms with Gasteiger partial charge in [-0.3, -0.25) is 0 Å². The number of alkyl halides is 3. The van der Waals surface area contributed by atoms with Crippen LogP contribution in [-0.4, -0.2) is 51.4 Å². The van der Waals surface area contributed by atoms with E-state index in [1.165, 1.54) is 55.3 Å². The summed E-state index contributed by atoms with van der Waals surface area (Å²) in [6, 6.07) is 6.87. The van der Waals surface area contributed by atoms with Crippen LogP contribution in [0.3, 0.4) is 0 Å². The zero-order valence-electron chi connectivity index (χ0n) is 23.1. The number of oxazole rings is 1. The van der Waals surface area contributed by atoms with Gasteiger partial charge in [0.25, 0.3) is 0 Å². The zero-order chi connectivity index (χ0) is 31.3. The first kappa shape index (κ1) is 29.8. The van der Waals surface area contributed by atoms with Gasteiger partial charge in [0.2, 0.25) is 0 Å². The number of imidazole rings is 1. The monoisotopic (exact) mass is 617 g/mol. The number of aliphatic hydroxyl groups excluding tert-OH is 1. The number of aryl methyl sites for hydroxylation is 2. The largest absolute Gasteiger partial charge is 0.467 e. The number of sulfone groups is 1. The molecule has 0 radical (unpaired) electrons. The molecule has 5 aromatic rings. The van der Waals surface area contributed by atoms with Gasteiger partial charge in [-0.15, -0.1) is 0 Å². The number of halogens is 4. The third-order valence-corrected chi connectivity index (χ3v) is 7.70. The Labute approximate surface area is 242 Å². The first-order valence-corrected chi connectivity index (χ1v) is 14.4. The van der Waals surface area contributed by atoms with Crippen molar-refractivity contribution in [3.8, 4) is 45.4 Å². The Kier molecular flexibility index (Phi) is 7.56. The lowest BCUT2D eigenvalue weighted by Crippen LogP contribution is -2.06. The van der Waals surface area contributed by atoms with Crippen LogP contribution in [0.4, 0.5) is 17.6 Å². The van der Waals surface area contributed by atoms with Crippen LogP contribution in [-0.2, 0) is 22.6 Å².